The minimum Gasteiger partial charge on any atom is -0.399 e. The summed E-state index contributed by atoms with van der Waals surface area (Å²) in [5, 5.41) is 12.0. The molecule has 172 valence electrons. The van der Waals surface area contributed by atoms with Gasteiger partial charge in [-0.25, -0.2) is 13.4 Å². The van der Waals surface area contributed by atoms with Gasteiger partial charge in [0.25, 0.3) is 15.9 Å². The number of nitrogens with one attached hydrogen (secondary N) is 3. The molecule has 0 saturated heterocycles. The summed E-state index contributed by atoms with van der Waals surface area (Å²) in [4.78, 5) is 16.8. The highest BCUT2D eigenvalue weighted by atomic mass is 32.2. The van der Waals surface area contributed by atoms with Crippen molar-refractivity contribution in [1.29, 1.82) is 0 Å². The number of sulfonamides is 1. The first-order valence-corrected chi connectivity index (χ1v) is 12.3. The monoisotopic (exact) mass is 492 g/mol. The molecule has 1 amide bonds. The van der Waals surface area contributed by atoms with Gasteiger partial charge in [-0.1, -0.05) is 24.3 Å². The van der Waals surface area contributed by atoms with E-state index < -0.39 is 15.9 Å². The van der Waals surface area contributed by atoms with Crippen molar-refractivity contribution in [2.75, 3.05) is 15.8 Å². The van der Waals surface area contributed by atoms with Gasteiger partial charge in [0.15, 0.2) is 0 Å². The smallest absolute Gasteiger partial charge is 0.269 e. The number of anilines is 3. The molecule has 0 fully saturated rings. The number of aromatic nitrogens is 3. The van der Waals surface area contributed by atoms with Crippen LogP contribution in [-0.2, 0) is 10.0 Å². The summed E-state index contributed by atoms with van der Waals surface area (Å²) in [6.07, 6.45) is 3.31. The van der Waals surface area contributed by atoms with Crippen molar-refractivity contribution in [3.05, 3.63) is 95.4 Å². The Morgan fingerprint density at radius 1 is 1.00 bits per heavy atom. The molecule has 0 aliphatic rings. The molecule has 0 aliphatic heterocycles. The number of hydrogen-bond donors (Lipinski definition) is 4. The van der Waals surface area contributed by atoms with E-state index in [0.29, 0.717) is 5.82 Å². The lowest BCUT2D eigenvalue weighted by molar-refractivity contribution is 0.103. The summed E-state index contributed by atoms with van der Waals surface area (Å²) in [6, 6.07) is 20.3. The first-order chi connectivity index (χ1) is 16.4. The number of fused-ring (bicyclic) bond motifs is 1. The van der Waals surface area contributed by atoms with Crippen LogP contribution >= 0.6 is 11.3 Å². The second kappa shape index (κ2) is 10.1. The standard InChI is InChI=1S/C16H13N3O3S2.C7H7N3/c20-16(18-14-8-4-5-10-17-14)15-13(9-11-23-15)19-24(21,22)12-6-2-1-3-7-12;8-6-1-2-7-5(3-6)4-9-10-7/h1-11,19H,(H,17,18,20);1-4H,8H2,(H,9,10). The number of aromatic amines is 1. The Kier molecular flexibility index (Phi) is 6.85. The van der Waals surface area contributed by atoms with Crippen molar-refractivity contribution in [2.24, 2.45) is 0 Å². The molecule has 0 saturated carbocycles. The number of nitrogens with two attached hydrogens (primary N) is 1. The maximum absolute atomic E-state index is 12.4. The van der Waals surface area contributed by atoms with Gasteiger partial charge < -0.3 is 11.1 Å². The Balaban J connectivity index is 0.000000226. The molecule has 3 aromatic heterocycles. The molecule has 5 aromatic rings. The third-order valence-corrected chi connectivity index (χ3v) is 6.83. The fourth-order valence-corrected chi connectivity index (χ4v) is 4.84. The van der Waals surface area contributed by atoms with Crippen LogP contribution in [0.4, 0.5) is 17.2 Å². The van der Waals surface area contributed by atoms with E-state index in [1.54, 1.807) is 60.2 Å². The van der Waals surface area contributed by atoms with Gasteiger partial charge in [0, 0.05) is 17.3 Å². The Hall–Kier alpha value is -4.22. The molecule has 0 atom stereocenters. The molecule has 0 radical (unpaired) electrons. The molecule has 0 unspecified atom stereocenters. The predicted molar refractivity (Wildman–Crippen MR) is 134 cm³/mol. The quantitative estimate of drug-likeness (QED) is 0.269. The molecule has 3 heterocycles. The van der Waals surface area contributed by atoms with Crippen LogP contribution in [0.3, 0.4) is 0 Å². The van der Waals surface area contributed by atoms with Crippen LogP contribution in [-0.4, -0.2) is 29.5 Å². The fourth-order valence-electron chi connectivity index (χ4n) is 2.94. The summed E-state index contributed by atoms with van der Waals surface area (Å²) >= 11 is 1.15. The highest BCUT2D eigenvalue weighted by molar-refractivity contribution is 7.92. The topological polar surface area (TPSA) is 143 Å². The van der Waals surface area contributed by atoms with Crippen LogP contribution in [0.2, 0.25) is 0 Å². The average molecular weight is 493 g/mol. The number of pyridine rings is 1. The molecule has 34 heavy (non-hydrogen) atoms. The van der Waals surface area contributed by atoms with E-state index >= 15 is 0 Å². The molecule has 9 nitrogen and oxygen atoms in total. The van der Waals surface area contributed by atoms with Crippen LogP contribution in [0.5, 0.6) is 0 Å². The van der Waals surface area contributed by atoms with Crippen molar-refractivity contribution in [3.8, 4) is 0 Å². The van der Waals surface area contributed by atoms with Gasteiger partial charge in [-0.3, -0.25) is 14.6 Å². The minimum atomic E-state index is -3.75. The molecular weight excluding hydrogens is 472 g/mol. The second-order valence-electron chi connectivity index (χ2n) is 6.97. The van der Waals surface area contributed by atoms with Crippen LogP contribution < -0.4 is 15.8 Å². The molecule has 5 N–H and O–H groups in total. The first kappa shape index (κ1) is 23.0. The zero-order valence-corrected chi connectivity index (χ0v) is 19.3. The molecule has 0 bridgehead atoms. The van der Waals surface area contributed by atoms with Gasteiger partial charge >= 0.3 is 0 Å². The minimum absolute atomic E-state index is 0.132. The van der Waals surface area contributed by atoms with E-state index in [-0.39, 0.29) is 15.5 Å². The van der Waals surface area contributed by atoms with E-state index in [1.807, 2.05) is 18.2 Å². The largest absolute Gasteiger partial charge is 0.399 e. The van der Waals surface area contributed by atoms with Crippen molar-refractivity contribution in [3.63, 3.8) is 0 Å². The van der Waals surface area contributed by atoms with Gasteiger partial charge in [-0.2, -0.15) is 5.10 Å². The van der Waals surface area contributed by atoms with Crippen molar-refractivity contribution in [2.45, 2.75) is 4.90 Å². The van der Waals surface area contributed by atoms with Crippen molar-refractivity contribution in [1.82, 2.24) is 15.2 Å². The van der Waals surface area contributed by atoms with E-state index in [9.17, 15) is 13.2 Å². The van der Waals surface area contributed by atoms with Crippen LogP contribution in [0, 0.1) is 0 Å². The Morgan fingerprint density at radius 3 is 2.56 bits per heavy atom. The van der Waals surface area contributed by atoms with E-state index in [0.717, 1.165) is 27.9 Å². The van der Waals surface area contributed by atoms with Crippen LogP contribution in [0.15, 0.2) is 95.5 Å². The van der Waals surface area contributed by atoms with E-state index in [2.05, 4.69) is 25.2 Å². The van der Waals surface area contributed by atoms with E-state index in [4.69, 9.17) is 5.73 Å². The number of hydrogen-bond acceptors (Lipinski definition) is 7. The second-order valence-corrected chi connectivity index (χ2v) is 9.57. The average Bonchev–Trinajstić information content (AvgIpc) is 3.49. The third-order valence-electron chi connectivity index (χ3n) is 4.54. The number of nitrogen functional groups attached to an aromatic ring is 1. The summed E-state index contributed by atoms with van der Waals surface area (Å²) in [5.41, 5.74) is 7.57. The number of rotatable bonds is 5. The Morgan fingerprint density at radius 2 is 1.79 bits per heavy atom. The molecular formula is C23H20N6O3S2. The lowest BCUT2D eigenvalue weighted by Crippen LogP contribution is -2.17. The SMILES string of the molecule is Nc1ccc2[nH]ncc2c1.O=C(Nc1ccccn1)c1sccc1NS(=O)(=O)c1ccccc1. The number of amides is 1. The number of carbonyl (C=O) groups excluding carboxylic acids is 1. The van der Waals surface area contributed by atoms with Gasteiger partial charge in [-0.15, -0.1) is 11.3 Å². The molecule has 0 aliphatic carbocycles. The van der Waals surface area contributed by atoms with Crippen LogP contribution in [0.1, 0.15) is 9.67 Å². The Bertz CT molecular complexity index is 1500. The summed E-state index contributed by atoms with van der Waals surface area (Å²) in [6.45, 7) is 0. The highest BCUT2D eigenvalue weighted by Gasteiger charge is 2.20. The molecule has 11 heteroatoms. The summed E-state index contributed by atoms with van der Waals surface area (Å²) in [7, 11) is -3.75. The lowest BCUT2D eigenvalue weighted by atomic mass is 10.2. The van der Waals surface area contributed by atoms with Crippen molar-refractivity contribution < 1.29 is 13.2 Å². The molecule has 2 aromatic carbocycles. The fraction of sp³-hybridized carbons (Fsp3) is 0. The summed E-state index contributed by atoms with van der Waals surface area (Å²) in [5.74, 6) is -0.0257. The number of nitrogens with zero attached hydrogens (tertiary/aromatic N) is 2. The zero-order chi connectivity index (χ0) is 24.0. The Labute approximate surface area is 199 Å². The van der Waals surface area contributed by atoms with E-state index in [1.165, 1.54) is 12.1 Å². The third kappa shape index (κ3) is 5.57. The van der Waals surface area contributed by atoms with Gasteiger partial charge in [0.1, 0.15) is 10.7 Å². The van der Waals surface area contributed by atoms with Crippen LogP contribution in [0.25, 0.3) is 10.9 Å². The lowest BCUT2D eigenvalue weighted by Gasteiger charge is -2.09. The number of benzene rings is 2. The van der Waals surface area contributed by atoms with Crippen molar-refractivity contribution >= 4 is 55.4 Å². The van der Waals surface area contributed by atoms with Gasteiger partial charge in [0.05, 0.1) is 22.3 Å². The van der Waals surface area contributed by atoms with Gasteiger partial charge in [-0.05, 0) is 53.9 Å². The predicted octanol–water partition coefficient (Wildman–Crippen LogP) is 4.34. The maximum atomic E-state index is 12.4. The highest BCUT2D eigenvalue weighted by Crippen LogP contribution is 2.26. The first-order valence-electron chi connectivity index (χ1n) is 9.99. The number of H-pyrrole nitrogens is 1. The maximum Gasteiger partial charge on any atom is 0.269 e. The number of carbonyl (C=O) groups is 1. The molecule has 0 spiro atoms. The summed E-state index contributed by atoms with van der Waals surface area (Å²) < 4.78 is 27.2. The normalized spacial score (nSPS) is 10.8. The zero-order valence-electron chi connectivity index (χ0n) is 17.7. The molecule has 5 rings (SSSR count). The van der Waals surface area contributed by atoms with Gasteiger partial charge in [0.2, 0.25) is 0 Å². The number of thiophene rings is 1.